The highest BCUT2D eigenvalue weighted by Crippen LogP contribution is 2.32. The van der Waals surface area contributed by atoms with Crippen LogP contribution in [-0.2, 0) is 16.0 Å². The van der Waals surface area contributed by atoms with Gasteiger partial charge in [-0.25, -0.2) is 0 Å². The highest BCUT2D eigenvalue weighted by atomic mass is 32.1. The molecular weight excluding hydrogens is 412 g/mol. The Morgan fingerprint density at radius 2 is 1.97 bits per heavy atom. The van der Waals surface area contributed by atoms with E-state index in [1.165, 1.54) is 4.88 Å². The molecule has 1 aromatic carbocycles. The molecule has 2 fully saturated rings. The fourth-order valence-electron chi connectivity index (χ4n) is 4.55. The first-order chi connectivity index (χ1) is 15.1. The van der Waals surface area contributed by atoms with Gasteiger partial charge in [-0.05, 0) is 36.4 Å². The van der Waals surface area contributed by atoms with E-state index < -0.39 is 0 Å². The van der Waals surface area contributed by atoms with Gasteiger partial charge in [0.2, 0.25) is 11.8 Å². The molecule has 2 amide bonds. The Morgan fingerprint density at radius 1 is 1.19 bits per heavy atom. The van der Waals surface area contributed by atoms with E-state index in [-0.39, 0.29) is 23.5 Å². The van der Waals surface area contributed by atoms with Crippen molar-refractivity contribution in [3.05, 3.63) is 46.7 Å². The molecule has 7 heteroatoms. The smallest absolute Gasteiger partial charge is 0.222 e. The molecule has 0 bridgehead atoms. The third-order valence-corrected chi connectivity index (χ3v) is 7.18. The number of rotatable bonds is 8. The number of para-hydroxylation sites is 2. The maximum absolute atomic E-state index is 12.9. The van der Waals surface area contributed by atoms with E-state index in [9.17, 15) is 9.59 Å². The molecule has 1 atom stereocenters. The summed E-state index contributed by atoms with van der Waals surface area (Å²) in [5.41, 5.74) is -0.289. The normalized spacial score (nSPS) is 21.7. The Bertz CT molecular complexity index is 893. The van der Waals surface area contributed by atoms with Crippen molar-refractivity contribution in [1.82, 2.24) is 10.2 Å². The van der Waals surface area contributed by atoms with Gasteiger partial charge in [0.05, 0.1) is 7.11 Å². The van der Waals surface area contributed by atoms with Crippen molar-refractivity contribution in [3.63, 3.8) is 0 Å². The number of nitrogens with zero attached hydrogens (tertiary/aromatic N) is 1. The number of piperidine rings is 1. The quantitative estimate of drug-likeness (QED) is 0.675. The lowest BCUT2D eigenvalue weighted by molar-refractivity contribution is -0.133. The lowest BCUT2D eigenvalue weighted by Gasteiger charge is -2.34. The number of hydrogen-bond acceptors (Lipinski definition) is 5. The number of ether oxygens (including phenoxy) is 2. The van der Waals surface area contributed by atoms with Crippen molar-refractivity contribution in [2.45, 2.75) is 56.6 Å². The maximum Gasteiger partial charge on any atom is 0.222 e. The summed E-state index contributed by atoms with van der Waals surface area (Å²) >= 11 is 1.71. The summed E-state index contributed by atoms with van der Waals surface area (Å²) < 4.78 is 11.5. The molecule has 0 saturated carbocycles. The van der Waals surface area contributed by atoms with Gasteiger partial charge in [-0.3, -0.25) is 9.59 Å². The first kappa shape index (κ1) is 21.7. The first-order valence-electron chi connectivity index (χ1n) is 11.0. The molecule has 3 heterocycles. The minimum atomic E-state index is -0.289. The molecule has 2 aromatic rings. The van der Waals surface area contributed by atoms with Crippen LogP contribution in [0.25, 0.3) is 0 Å². The van der Waals surface area contributed by atoms with Crippen molar-refractivity contribution in [2.75, 3.05) is 20.2 Å². The van der Waals surface area contributed by atoms with E-state index in [0.717, 1.165) is 37.2 Å². The molecule has 4 rings (SSSR count). The van der Waals surface area contributed by atoms with E-state index >= 15 is 0 Å². The zero-order chi connectivity index (χ0) is 21.7. The average molecular weight is 443 g/mol. The van der Waals surface area contributed by atoms with Crippen LogP contribution in [0, 0.1) is 0 Å². The van der Waals surface area contributed by atoms with E-state index in [1.807, 2.05) is 35.2 Å². The largest absolute Gasteiger partial charge is 0.493 e. The van der Waals surface area contributed by atoms with Crippen LogP contribution in [0.4, 0.5) is 0 Å². The average Bonchev–Trinajstić information content (AvgIpc) is 3.43. The Balaban J connectivity index is 1.28. The molecule has 0 spiro atoms. The first-order valence-corrected chi connectivity index (χ1v) is 11.9. The highest BCUT2D eigenvalue weighted by molar-refractivity contribution is 7.09. The standard InChI is InChI=1S/C24H30N2O4S/c1-29-20-6-2-3-7-21(20)30-18-10-14-26(15-11-18)23(28)9-13-24(12-8-22(27)25-24)17-19-5-4-16-31-19/h2-7,16,18H,8-15,17H2,1H3,(H,25,27). The number of nitrogens with one attached hydrogen (secondary N) is 1. The van der Waals surface area contributed by atoms with Crippen LogP contribution in [0.1, 0.15) is 43.4 Å². The van der Waals surface area contributed by atoms with Gasteiger partial charge in [0.25, 0.3) is 0 Å². The molecule has 1 N–H and O–H groups in total. The van der Waals surface area contributed by atoms with E-state index in [4.69, 9.17) is 9.47 Å². The van der Waals surface area contributed by atoms with Crippen LogP contribution in [0.2, 0.25) is 0 Å². The number of thiophene rings is 1. The monoisotopic (exact) mass is 442 g/mol. The van der Waals surface area contributed by atoms with Gasteiger partial charge in [0.15, 0.2) is 11.5 Å². The molecule has 2 aliphatic rings. The molecule has 0 radical (unpaired) electrons. The van der Waals surface area contributed by atoms with Crippen molar-refractivity contribution in [3.8, 4) is 11.5 Å². The van der Waals surface area contributed by atoms with Gasteiger partial charge in [0, 0.05) is 55.6 Å². The summed E-state index contributed by atoms with van der Waals surface area (Å²) in [4.78, 5) is 28.0. The van der Waals surface area contributed by atoms with Crippen LogP contribution in [0.15, 0.2) is 41.8 Å². The molecule has 31 heavy (non-hydrogen) atoms. The summed E-state index contributed by atoms with van der Waals surface area (Å²) in [5, 5.41) is 5.23. The number of benzene rings is 1. The van der Waals surface area contributed by atoms with Gasteiger partial charge in [-0.1, -0.05) is 18.2 Å². The number of amides is 2. The van der Waals surface area contributed by atoms with E-state index in [1.54, 1.807) is 18.4 Å². The fraction of sp³-hybridized carbons (Fsp3) is 0.500. The number of carbonyl (C=O) groups excluding carboxylic acids is 2. The van der Waals surface area contributed by atoms with Gasteiger partial charge < -0.3 is 19.7 Å². The molecule has 1 unspecified atom stereocenters. The van der Waals surface area contributed by atoms with Crippen LogP contribution in [-0.4, -0.2) is 48.6 Å². The second-order valence-electron chi connectivity index (χ2n) is 8.43. The minimum absolute atomic E-state index is 0.0830. The molecule has 2 saturated heterocycles. The van der Waals surface area contributed by atoms with Crippen LogP contribution < -0.4 is 14.8 Å². The second-order valence-corrected chi connectivity index (χ2v) is 9.47. The maximum atomic E-state index is 12.9. The van der Waals surface area contributed by atoms with Crippen molar-refractivity contribution < 1.29 is 19.1 Å². The predicted octanol–water partition coefficient (Wildman–Crippen LogP) is 3.80. The summed E-state index contributed by atoms with van der Waals surface area (Å²) in [6.07, 6.45) is 4.99. The van der Waals surface area contributed by atoms with Gasteiger partial charge in [0.1, 0.15) is 6.10 Å². The SMILES string of the molecule is COc1ccccc1OC1CCN(C(=O)CCC2(Cc3cccs3)CCC(=O)N2)CC1. The third kappa shape index (κ3) is 5.39. The molecule has 166 valence electrons. The Labute approximate surface area is 187 Å². The summed E-state index contributed by atoms with van der Waals surface area (Å²) in [7, 11) is 1.64. The summed E-state index contributed by atoms with van der Waals surface area (Å²) in [5.74, 6) is 1.75. The van der Waals surface area contributed by atoms with Gasteiger partial charge in [-0.2, -0.15) is 0 Å². The van der Waals surface area contributed by atoms with E-state index in [0.29, 0.717) is 32.4 Å². The van der Waals surface area contributed by atoms with Crippen LogP contribution >= 0.6 is 11.3 Å². The Morgan fingerprint density at radius 3 is 2.61 bits per heavy atom. The lowest BCUT2D eigenvalue weighted by Crippen LogP contribution is -2.46. The lowest BCUT2D eigenvalue weighted by atomic mass is 9.87. The summed E-state index contributed by atoms with van der Waals surface area (Å²) in [6.45, 7) is 1.39. The zero-order valence-electron chi connectivity index (χ0n) is 18.0. The van der Waals surface area contributed by atoms with Crippen molar-refractivity contribution in [2.24, 2.45) is 0 Å². The Kier molecular flexibility index (Phi) is 6.80. The zero-order valence-corrected chi connectivity index (χ0v) is 18.8. The second kappa shape index (κ2) is 9.73. The van der Waals surface area contributed by atoms with E-state index in [2.05, 4.69) is 16.8 Å². The summed E-state index contributed by atoms with van der Waals surface area (Å²) in [6, 6.07) is 11.8. The molecule has 6 nitrogen and oxygen atoms in total. The van der Waals surface area contributed by atoms with Crippen molar-refractivity contribution in [1.29, 1.82) is 0 Å². The number of hydrogen-bond donors (Lipinski definition) is 1. The number of carbonyl (C=O) groups is 2. The molecule has 1 aromatic heterocycles. The van der Waals surface area contributed by atoms with Crippen LogP contribution in [0.5, 0.6) is 11.5 Å². The molecular formula is C24H30N2O4S. The third-order valence-electron chi connectivity index (χ3n) is 6.30. The number of methoxy groups -OCH3 is 1. The molecule has 0 aliphatic carbocycles. The number of likely N-dealkylation sites (tertiary alicyclic amines) is 1. The molecule has 2 aliphatic heterocycles. The van der Waals surface area contributed by atoms with Gasteiger partial charge >= 0.3 is 0 Å². The van der Waals surface area contributed by atoms with Crippen LogP contribution in [0.3, 0.4) is 0 Å². The van der Waals surface area contributed by atoms with Gasteiger partial charge in [-0.15, -0.1) is 11.3 Å². The highest BCUT2D eigenvalue weighted by Gasteiger charge is 2.38. The fourth-order valence-corrected chi connectivity index (χ4v) is 5.40. The minimum Gasteiger partial charge on any atom is -0.493 e. The topological polar surface area (TPSA) is 67.9 Å². The predicted molar refractivity (Wildman–Crippen MR) is 121 cm³/mol. The van der Waals surface area contributed by atoms with Crippen molar-refractivity contribution >= 4 is 23.2 Å². The Hall–Kier alpha value is -2.54.